The van der Waals surface area contributed by atoms with Crippen LogP contribution < -0.4 is 11.1 Å². The van der Waals surface area contributed by atoms with Gasteiger partial charge in [-0.25, -0.2) is 4.98 Å². The second kappa shape index (κ2) is 7.33. The minimum absolute atomic E-state index is 0.0525. The van der Waals surface area contributed by atoms with Crippen LogP contribution in [0, 0.1) is 6.92 Å². The normalized spacial score (nSPS) is 10.4. The molecule has 2 rings (SSSR count). The summed E-state index contributed by atoms with van der Waals surface area (Å²) in [5.74, 6) is 0.562. The average molecular weight is 322 g/mol. The van der Waals surface area contributed by atoms with E-state index in [1.807, 2.05) is 19.1 Å². The largest absolute Gasteiger partial charge is 0.399 e. The van der Waals surface area contributed by atoms with Gasteiger partial charge in [-0.15, -0.1) is 11.8 Å². The predicted molar refractivity (Wildman–Crippen MR) is 88.8 cm³/mol. The first-order valence-corrected chi connectivity index (χ1v) is 7.82. The topological polar surface area (TPSA) is 68.0 Å². The van der Waals surface area contributed by atoms with Gasteiger partial charge in [0.1, 0.15) is 5.03 Å². The van der Waals surface area contributed by atoms with Crippen LogP contribution >= 0.6 is 23.4 Å². The van der Waals surface area contributed by atoms with E-state index in [4.69, 9.17) is 17.3 Å². The summed E-state index contributed by atoms with van der Waals surface area (Å²) in [5, 5.41) is 4.22. The Labute approximate surface area is 133 Å². The van der Waals surface area contributed by atoms with Crippen molar-refractivity contribution in [2.75, 3.05) is 16.8 Å². The van der Waals surface area contributed by atoms with E-state index in [-0.39, 0.29) is 5.91 Å². The molecule has 0 saturated heterocycles. The van der Waals surface area contributed by atoms with Gasteiger partial charge in [0.2, 0.25) is 5.91 Å². The van der Waals surface area contributed by atoms with Crippen LogP contribution in [0.3, 0.4) is 0 Å². The van der Waals surface area contributed by atoms with E-state index in [0.717, 1.165) is 16.3 Å². The quantitative estimate of drug-likeness (QED) is 0.650. The molecular weight excluding hydrogens is 306 g/mol. The number of halogens is 1. The molecule has 0 aliphatic carbocycles. The van der Waals surface area contributed by atoms with Gasteiger partial charge in [0.25, 0.3) is 0 Å². The van der Waals surface area contributed by atoms with Crippen LogP contribution in [0.4, 0.5) is 11.4 Å². The smallest absolute Gasteiger partial charge is 0.225 e. The highest BCUT2D eigenvalue weighted by Crippen LogP contribution is 2.25. The molecule has 0 aliphatic heterocycles. The molecule has 0 atom stereocenters. The number of hydrogen-bond acceptors (Lipinski definition) is 4. The Morgan fingerprint density at radius 1 is 1.43 bits per heavy atom. The first kappa shape index (κ1) is 15.7. The van der Waals surface area contributed by atoms with E-state index < -0.39 is 0 Å². The summed E-state index contributed by atoms with van der Waals surface area (Å²) in [5.41, 5.74) is 8.08. The summed E-state index contributed by atoms with van der Waals surface area (Å²) >= 11 is 7.47. The zero-order valence-corrected chi connectivity index (χ0v) is 13.2. The lowest BCUT2D eigenvalue weighted by Crippen LogP contribution is -2.13. The van der Waals surface area contributed by atoms with Crippen LogP contribution in [0.5, 0.6) is 0 Å². The third-order valence-corrected chi connectivity index (χ3v) is 4.25. The maximum absolute atomic E-state index is 11.9. The molecule has 110 valence electrons. The lowest BCUT2D eigenvalue weighted by Gasteiger charge is -2.09. The van der Waals surface area contributed by atoms with Gasteiger partial charge in [-0.2, -0.15) is 0 Å². The minimum Gasteiger partial charge on any atom is -0.399 e. The monoisotopic (exact) mass is 321 g/mol. The van der Waals surface area contributed by atoms with E-state index in [0.29, 0.717) is 22.9 Å². The summed E-state index contributed by atoms with van der Waals surface area (Å²) in [6, 6.07) is 9.02. The van der Waals surface area contributed by atoms with Crippen molar-refractivity contribution in [2.24, 2.45) is 0 Å². The number of rotatable bonds is 5. The van der Waals surface area contributed by atoms with Crippen molar-refractivity contribution < 1.29 is 4.79 Å². The van der Waals surface area contributed by atoms with Crippen LogP contribution in [0.1, 0.15) is 12.0 Å². The molecule has 3 N–H and O–H groups in total. The van der Waals surface area contributed by atoms with Crippen LogP contribution in [0.25, 0.3) is 0 Å². The Hall–Kier alpha value is -1.72. The summed E-state index contributed by atoms with van der Waals surface area (Å²) < 4.78 is 0. The number of carbonyl (C=O) groups is 1. The van der Waals surface area contributed by atoms with E-state index in [2.05, 4.69) is 10.3 Å². The number of aromatic nitrogens is 1. The minimum atomic E-state index is -0.0525. The Morgan fingerprint density at radius 3 is 3.00 bits per heavy atom. The highest BCUT2D eigenvalue weighted by molar-refractivity contribution is 7.99. The van der Waals surface area contributed by atoms with E-state index in [1.165, 1.54) is 11.8 Å². The molecular formula is C15H16ClN3OS. The number of thioether (sulfide) groups is 1. The third-order valence-electron chi connectivity index (χ3n) is 2.83. The predicted octanol–water partition coefficient (Wildman–Crippen LogP) is 3.75. The van der Waals surface area contributed by atoms with Crippen LogP contribution in [0.15, 0.2) is 41.6 Å². The molecule has 1 heterocycles. The molecule has 1 aromatic carbocycles. The molecule has 0 radical (unpaired) electrons. The van der Waals surface area contributed by atoms with Crippen LogP contribution in [-0.4, -0.2) is 16.6 Å². The van der Waals surface area contributed by atoms with Gasteiger partial charge in [0.05, 0.1) is 5.02 Å². The molecule has 0 unspecified atom stereocenters. The van der Waals surface area contributed by atoms with E-state index in [1.54, 1.807) is 24.4 Å². The van der Waals surface area contributed by atoms with Crippen molar-refractivity contribution in [3.05, 3.63) is 47.1 Å². The number of hydrogen-bond donors (Lipinski definition) is 2. The maximum atomic E-state index is 11.9. The molecule has 0 fully saturated rings. The van der Waals surface area contributed by atoms with Gasteiger partial charge in [-0.05, 0) is 36.8 Å². The number of carbonyl (C=O) groups excluding carboxylic acids is 1. The first-order valence-electron chi connectivity index (χ1n) is 6.45. The van der Waals surface area contributed by atoms with Crippen molar-refractivity contribution in [1.82, 2.24) is 4.98 Å². The van der Waals surface area contributed by atoms with Crippen LogP contribution in [-0.2, 0) is 4.79 Å². The summed E-state index contributed by atoms with van der Waals surface area (Å²) in [6.45, 7) is 1.93. The maximum Gasteiger partial charge on any atom is 0.225 e. The molecule has 6 heteroatoms. The standard InChI is InChI=1S/C15H16ClN3OS/c1-10-4-5-11(17)9-13(10)19-14(20)6-8-21-15-12(16)3-2-7-18-15/h2-5,7,9H,6,8,17H2,1H3,(H,19,20). The molecule has 0 aliphatic rings. The van der Waals surface area contributed by atoms with Gasteiger partial charge in [0, 0.05) is 29.7 Å². The highest BCUT2D eigenvalue weighted by atomic mass is 35.5. The van der Waals surface area contributed by atoms with Gasteiger partial charge in [-0.3, -0.25) is 4.79 Å². The number of benzene rings is 1. The van der Waals surface area contributed by atoms with Crippen molar-refractivity contribution in [3.8, 4) is 0 Å². The molecule has 2 aromatic rings. The fourth-order valence-corrected chi connectivity index (χ4v) is 2.81. The Balaban J connectivity index is 1.85. The molecule has 0 bridgehead atoms. The first-order chi connectivity index (χ1) is 10.1. The molecule has 1 aromatic heterocycles. The molecule has 0 spiro atoms. The lowest BCUT2D eigenvalue weighted by atomic mass is 10.2. The fraction of sp³-hybridized carbons (Fsp3) is 0.200. The number of nitrogens with two attached hydrogens (primary N) is 1. The summed E-state index contributed by atoms with van der Waals surface area (Å²) in [7, 11) is 0. The summed E-state index contributed by atoms with van der Waals surface area (Å²) in [4.78, 5) is 16.1. The van der Waals surface area contributed by atoms with Gasteiger partial charge in [-0.1, -0.05) is 17.7 Å². The average Bonchev–Trinajstić information content (AvgIpc) is 2.45. The Morgan fingerprint density at radius 2 is 2.24 bits per heavy atom. The number of amides is 1. The van der Waals surface area contributed by atoms with Crippen molar-refractivity contribution in [3.63, 3.8) is 0 Å². The van der Waals surface area contributed by atoms with Crippen LogP contribution in [0.2, 0.25) is 5.02 Å². The highest BCUT2D eigenvalue weighted by Gasteiger charge is 2.07. The number of nitrogens with zero attached hydrogens (tertiary/aromatic N) is 1. The van der Waals surface area contributed by atoms with Gasteiger partial charge >= 0.3 is 0 Å². The number of pyridine rings is 1. The Kier molecular flexibility index (Phi) is 5.47. The van der Waals surface area contributed by atoms with Crippen molar-refractivity contribution in [1.29, 1.82) is 0 Å². The number of nitrogen functional groups attached to an aromatic ring is 1. The molecule has 0 saturated carbocycles. The zero-order valence-electron chi connectivity index (χ0n) is 11.6. The lowest BCUT2D eigenvalue weighted by molar-refractivity contribution is -0.115. The summed E-state index contributed by atoms with van der Waals surface area (Å²) in [6.07, 6.45) is 2.07. The van der Waals surface area contributed by atoms with E-state index >= 15 is 0 Å². The van der Waals surface area contributed by atoms with Crippen molar-refractivity contribution >= 4 is 40.6 Å². The SMILES string of the molecule is Cc1ccc(N)cc1NC(=O)CCSc1ncccc1Cl. The zero-order chi connectivity index (χ0) is 15.2. The fourth-order valence-electron chi connectivity index (χ4n) is 1.70. The van der Waals surface area contributed by atoms with Crippen molar-refractivity contribution in [2.45, 2.75) is 18.4 Å². The van der Waals surface area contributed by atoms with Gasteiger partial charge in [0.15, 0.2) is 0 Å². The molecule has 1 amide bonds. The molecule has 4 nitrogen and oxygen atoms in total. The third kappa shape index (κ3) is 4.65. The Bertz CT molecular complexity index is 649. The number of aryl methyl sites for hydroxylation is 1. The molecule has 21 heavy (non-hydrogen) atoms. The second-order valence-corrected chi connectivity index (χ2v) is 6.00. The number of nitrogens with one attached hydrogen (secondary N) is 1. The second-order valence-electron chi connectivity index (χ2n) is 4.51. The van der Waals surface area contributed by atoms with Gasteiger partial charge < -0.3 is 11.1 Å². The van der Waals surface area contributed by atoms with E-state index in [9.17, 15) is 4.79 Å². The number of anilines is 2.